The Labute approximate surface area is 128 Å². The maximum Gasteiger partial charge on any atom is 0.416 e. The van der Waals surface area contributed by atoms with E-state index in [-0.39, 0.29) is 5.75 Å². The number of hydrogen-bond donors (Lipinski definition) is 0. The van der Waals surface area contributed by atoms with E-state index in [0.717, 1.165) is 43.7 Å². The Bertz CT molecular complexity index is 448. The fourth-order valence-electron chi connectivity index (χ4n) is 1.88. The molecule has 1 fully saturated rings. The second-order valence-electron chi connectivity index (χ2n) is 4.95. The quantitative estimate of drug-likeness (QED) is 0.775. The van der Waals surface area contributed by atoms with E-state index in [9.17, 15) is 18.0 Å². The summed E-state index contributed by atoms with van der Waals surface area (Å²) in [4.78, 5) is 18.6. The molecule has 1 aliphatic carbocycles. The van der Waals surface area contributed by atoms with Gasteiger partial charge in [0.05, 0.1) is 12.7 Å². The highest BCUT2D eigenvalue weighted by Gasteiger charge is 2.30. The molecule has 22 heavy (non-hydrogen) atoms. The van der Waals surface area contributed by atoms with E-state index >= 15 is 0 Å². The molecule has 0 radical (unpaired) electrons. The third kappa shape index (κ3) is 7.81. The molecule has 0 aromatic heterocycles. The van der Waals surface area contributed by atoms with Gasteiger partial charge in [-0.2, -0.15) is 13.2 Å². The topological polar surface area (TPSA) is 43.4 Å². The number of carbonyl (C=O) groups is 2. The minimum atomic E-state index is -4.30. The summed E-state index contributed by atoms with van der Waals surface area (Å²) in [6.45, 7) is 4.21. The number of ketones is 1. The van der Waals surface area contributed by atoms with Gasteiger partial charge in [-0.3, -0.25) is 4.79 Å². The number of alkyl halides is 3. The standard InChI is InChI=1S/C8H7F3O.C7H12O.CH2O/c1-12-7-4-2-3-6(5-7)8(9,10)11;1-6-2-4-7(8)5-3-6;1-2/h2-5H,1H3;6H,2-5H2,1H3;1H2. The summed E-state index contributed by atoms with van der Waals surface area (Å²) in [6, 6.07) is 4.74. The highest BCUT2D eigenvalue weighted by molar-refractivity contribution is 5.78. The normalized spacial score (nSPS) is 15.0. The SMILES string of the molecule is C=O.CC1CCC(=O)CC1.COc1cccc(C(F)(F)F)c1. The van der Waals surface area contributed by atoms with Crippen LogP contribution in [0.2, 0.25) is 0 Å². The van der Waals surface area contributed by atoms with Crippen molar-refractivity contribution in [1.29, 1.82) is 0 Å². The van der Waals surface area contributed by atoms with Crippen LogP contribution in [0.4, 0.5) is 13.2 Å². The number of carbonyl (C=O) groups excluding carboxylic acids is 2. The van der Waals surface area contributed by atoms with Crippen LogP contribution < -0.4 is 4.74 Å². The highest BCUT2D eigenvalue weighted by Crippen LogP contribution is 2.31. The maximum absolute atomic E-state index is 12.0. The molecule has 2 rings (SSSR count). The molecule has 0 N–H and O–H groups in total. The first-order valence-corrected chi connectivity index (χ1v) is 6.84. The average Bonchev–Trinajstić information content (AvgIpc) is 2.52. The highest BCUT2D eigenvalue weighted by atomic mass is 19.4. The van der Waals surface area contributed by atoms with Gasteiger partial charge in [0.2, 0.25) is 0 Å². The zero-order valence-corrected chi connectivity index (χ0v) is 12.8. The molecule has 6 heteroatoms. The molecular weight excluding hydrogens is 297 g/mol. The molecule has 0 aliphatic heterocycles. The van der Waals surface area contributed by atoms with Crippen molar-refractivity contribution in [2.24, 2.45) is 5.92 Å². The van der Waals surface area contributed by atoms with Crippen LogP contribution >= 0.6 is 0 Å². The monoisotopic (exact) mass is 318 g/mol. The van der Waals surface area contributed by atoms with Crippen molar-refractivity contribution in [2.45, 2.75) is 38.8 Å². The van der Waals surface area contributed by atoms with Crippen molar-refractivity contribution in [3.63, 3.8) is 0 Å². The summed E-state index contributed by atoms with van der Waals surface area (Å²) >= 11 is 0. The molecule has 0 unspecified atom stereocenters. The summed E-state index contributed by atoms with van der Waals surface area (Å²) in [5.74, 6) is 1.47. The van der Waals surface area contributed by atoms with E-state index in [1.807, 2.05) is 6.79 Å². The van der Waals surface area contributed by atoms with Crippen molar-refractivity contribution in [2.75, 3.05) is 7.11 Å². The summed E-state index contributed by atoms with van der Waals surface area (Å²) in [5.41, 5.74) is -0.693. The largest absolute Gasteiger partial charge is 0.497 e. The van der Waals surface area contributed by atoms with Crippen molar-refractivity contribution in [1.82, 2.24) is 0 Å². The van der Waals surface area contributed by atoms with Gasteiger partial charge in [-0.15, -0.1) is 0 Å². The molecule has 124 valence electrons. The van der Waals surface area contributed by atoms with E-state index < -0.39 is 11.7 Å². The Balaban J connectivity index is 0.000000382. The van der Waals surface area contributed by atoms with Gasteiger partial charge in [0.15, 0.2) is 0 Å². The van der Waals surface area contributed by atoms with E-state index in [4.69, 9.17) is 4.79 Å². The predicted molar refractivity (Wildman–Crippen MR) is 77.8 cm³/mol. The number of benzene rings is 1. The van der Waals surface area contributed by atoms with E-state index in [2.05, 4.69) is 11.7 Å². The second kappa shape index (κ2) is 9.97. The lowest BCUT2D eigenvalue weighted by Crippen LogP contribution is -2.10. The van der Waals surface area contributed by atoms with Crippen molar-refractivity contribution in [3.05, 3.63) is 29.8 Å². The number of methoxy groups -OCH3 is 1. The first kappa shape index (κ1) is 20.1. The van der Waals surface area contributed by atoms with Gasteiger partial charge >= 0.3 is 6.18 Å². The van der Waals surface area contributed by atoms with Crippen LogP contribution in [0.3, 0.4) is 0 Å². The van der Waals surface area contributed by atoms with Crippen LogP contribution in [0.15, 0.2) is 24.3 Å². The van der Waals surface area contributed by atoms with Gasteiger partial charge in [0.25, 0.3) is 0 Å². The average molecular weight is 318 g/mol. The summed E-state index contributed by atoms with van der Waals surface area (Å²) in [5, 5.41) is 0. The van der Waals surface area contributed by atoms with Crippen molar-refractivity contribution in [3.8, 4) is 5.75 Å². The minimum Gasteiger partial charge on any atom is -0.497 e. The first-order chi connectivity index (χ1) is 10.3. The Hall–Kier alpha value is -1.85. The minimum absolute atomic E-state index is 0.213. The number of ether oxygens (including phenoxy) is 1. The molecule has 0 amide bonds. The van der Waals surface area contributed by atoms with E-state index in [1.54, 1.807) is 0 Å². The fourth-order valence-corrected chi connectivity index (χ4v) is 1.88. The van der Waals surface area contributed by atoms with Gasteiger partial charge in [-0.25, -0.2) is 0 Å². The molecule has 3 nitrogen and oxygen atoms in total. The summed E-state index contributed by atoms with van der Waals surface area (Å²) < 4.78 is 40.8. The van der Waals surface area contributed by atoms with Crippen molar-refractivity contribution < 1.29 is 27.5 Å². The Morgan fingerprint density at radius 3 is 2.14 bits per heavy atom. The number of halogens is 3. The number of rotatable bonds is 1. The van der Waals surface area contributed by atoms with Crippen LogP contribution in [0.25, 0.3) is 0 Å². The lowest BCUT2D eigenvalue weighted by atomic mass is 9.90. The van der Waals surface area contributed by atoms with E-state index in [0.29, 0.717) is 5.78 Å². The van der Waals surface area contributed by atoms with Crippen molar-refractivity contribution >= 4 is 12.6 Å². The smallest absolute Gasteiger partial charge is 0.416 e. The second-order valence-corrected chi connectivity index (χ2v) is 4.95. The summed E-state index contributed by atoms with van der Waals surface area (Å²) in [6.07, 6.45) is -0.380. The van der Waals surface area contributed by atoms with Crippen LogP contribution in [0, 0.1) is 5.92 Å². The van der Waals surface area contributed by atoms with Gasteiger partial charge in [0.1, 0.15) is 18.3 Å². The number of hydrogen-bond acceptors (Lipinski definition) is 3. The third-order valence-electron chi connectivity index (χ3n) is 3.23. The number of Topliss-reactive ketones (excluding diaryl/α,β-unsaturated/α-hetero) is 1. The van der Waals surface area contributed by atoms with Gasteiger partial charge in [-0.05, 0) is 37.0 Å². The van der Waals surface area contributed by atoms with Crippen LogP contribution in [-0.2, 0) is 15.8 Å². The first-order valence-electron chi connectivity index (χ1n) is 6.84. The molecular formula is C16H21F3O3. The Morgan fingerprint density at radius 2 is 1.73 bits per heavy atom. The molecule has 0 heterocycles. The van der Waals surface area contributed by atoms with E-state index in [1.165, 1.54) is 19.2 Å². The maximum atomic E-state index is 12.0. The van der Waals surface area contributed by atoms with Gasteiger partial charge in [-0.1, -0.05) is 13.0 Å². The Morgan fingerprint density at radius 1 is 1.18 bits per heavy atom. The molecule has 1 aromatic carbocycles. The van der Waals surface area contributed by atoms with Crippen LogP contribution in [0.5, 0.6) is 5.75 Å². The predicted octanol–water partition coefficient (Wildman–Crippen LogP) is 4.29. The molecule has 0 saturated heterocycles. The molecule has 0 atom stereocenters. The van der Waals surface area contributed by atoms with Gasteiger partial charge in [0, 0.05) is 12.8 Å². The molecule has 1 aliphatic rings. The zero-order chi connectivity index (χ0) is 17.2. The van der Waals surface area contributed by atoms with Gasteiger partial charge < -0.3 is 9.53 Å². The third-order valence-corrected chi connectivity index (χ3v) is 3.23. The lowest BCUT2D eigenvalue weighted by Gasteiger charge is -2.14. The Kier molecular flexibility index (Phi) is 9.13. The molecule has 1 aromatic rings. The molecule has 0 spiro atoms. The van der Waals surface area contributed by atoms with Crippen LogP contribution in [-0.4, -0.2) is 19.7 Å². The van der Waals surface area contributed by atoms with Crippen LogP contribution in [0.1, 0.15) is 38.2 Å². The molecule has 0 bridgehead atoms. The lowest BCUT2D eigenvalue weighted by molar-refractivity contribution is -0.137. The zero-order valence-electron chi connectivity index (χ0n) is 12.8. The molecule has 1 saturated carbocycles. The fraction of sp³-hybridized carbons (Fsp3) is 0.500. The summed E-state index contributed by atoms with van der Waals surface area (Å²) in [7, 11) is 1.33.